The first kappa shape index (κ1) is 13.7. The van der Waals surface area contributed by atoms with E-state index < -0.39 is 9.84 Å². The molecular weight excluding hydrogens is 234 g/mol. The third kappa shape index (κ3) is 4.58. The molecule has 3 nitrogen and oxygen atoms in total. The molecule has 0 N–H and O–H groups in total. The Morgan fingerprint density at radius 2 is 1.82 bits per heavy atom. The molecule has 0 aliphatic carbocycles. The molecule has 0 saturated heterocycles. The van der Waals surface area contributed by atoms with Crippen LogP contribution in [0.25, 0.3) is 0 Å². The van der Waals surface area contributed by atoms with Crippen molar-refractivity contribution in [3.8, 4) is 6.07 Å². The fraction of sp³-hybridized carbons (Fsp3) is 0.462. The maximum atomic E-state index is 11.6. The van der Waals surface area contributed by atoms with E-state index in [1.54, 1.807) is 0 Å². The van der Waals surface area contributed by atoms with Gasteiger partial charge in [-0.05, 0) is 17.0 Å². The van der Waals surface area contributed by atoms with Crippen LogP contribution >= 0.6 is 0 Å². The van der Waals surface area contributed by atoms with Crippen molar-refractivity contribution in [2.45, 2.75) is 31.9 Å². The first-order chi connectivity index (χ1) is 7.94. The molecule has 1 aromatic carbocycles. The lowest BCUT2D eigenvalue weighted by Gasteiger charge is -2.07. The summed E-state index contributed by atoms with van der Waals surface area (Å²) in [5.74, 6) is 0.405. The van der Waals surface area contributed by atoms with E-state index in [0.717, 1.165) is 5.56 Å². The van der Waals surface area contributed by atoms with Crippen LogP contribution in [0.5, 0.6) is 0 Å². The Labute approximate surface area is 103 Å². The highest BCUT2D eigenvalue weighted by molar-refractivity contribution is 7.90. The molecule has 0 saturated carbocycles. The van der Waals surface area contributed by atoms with Crippen molar-refractivity contribution in [3.63, 3.8) is 0 Å². The van der Waals surface area contributed by atoms with Gasteiger partial charge in [-0.2, -0.15) is 5.26 Å². The van der Waals surface area contributed by atoms with Gasteiger partial charge < -0.3 is 0 Å². The number of sulfone groups is 1. The highest BCUT2D eigenvalue weighted by Crippen LogP contribution is 2.16. The van der Waals surface area contributed by atoms with Gasteiger partial charge in [0, 0.05) is 6.42 Å². The molecule has 4 heteroatoms. The molecule has 0 aliphatic rings. The summed E-state index contributed by atoms with van der Waals surface area (Å²) in [6, 6.07) is 9.46. The maximum absolute atomic E-state index is 11.6. The molecule has 0 fully saturated rings. The van der Waals surface area contributed by atoms with E-state index in [-0.39, 0.29) is 17.9 Å². The monoisotopic (exact) mass is 251 g/mol. The van der Waals surface area contributed by atoms with E-state index in [2.05, 4.69) is 13.8 Å². The molecule has 0 spiro atoms. The minimum Gasteiger partial charge on any atom is -0.228 e. The van der Waals surface area contributed by atoms with Crippen LogP contribution in [0.1, 0.15) is 37.3 Å². The highest BCUT2D eigenvalue weighted by atomic mass is 32.2. The van der Waals surface area contributed by atoms with E-state index in [1.807, 2.05) is 30.3 Å². The highest BCUT2D eigenvalue weighted by Gasteiger charge is 2.11. The van der Waals surface area contributed by atoms with E-state index in [4.69, 9.17) is 5.26 Å². The summed E-state index contributed by atoms with van der Waals surface area (Å²) in [6.45, 7) is 4.19. The summed E-state index contributed by atoms with van der Waals surface area (Å²) >= 11 is 0. The lowest BCUT2D eigenvalue weighted by atomic mass is 10.0. The Hall–Kier alpha value is -1.34. The summed E-state index contributed by atoms with van der Waals surface area (Å²) in [4.78, 5) is 0. The van der Waals surface area contributed by atoms with Crippen LogP contribution in [-0.2, 0) is 15.6 Å². The van der Waals surface area contributed by atoms with Gasteiger partial charge in [0.15, 0.2) is 9.84 Å². The van der Waals surface area contributed by atoms with Gasteiger partial charge in [0.25, 0.3) is 0 Å². The molecule has 0 radical (unpaired) electrons. The van der Waals surface area contributed by atoms with E-state index >= 15 is 0 Å². The molecular formula is C13H17NO2S. The third-order valence-corrected chi connectivity index (χ3v) is 4.16. The van der Waals surface area contributed by atoms with Crippen LogP contribution in [0.15, 0.2) is 24.3 Å². The first-order valence-electron chi connectivity index (χ1n) is 5.61. The zero-order valence-corrected chi connectivity index (χ0v) is 11.0. The number of rotatable bonds is 5. The van der Waals surface area contributed by atoms with Crippen LogP contribution in [0.4, 0.5) is 0 Å². The van der Waals surface area contributed by atoms with E-state index in [1.165, 1.54) is 5.56 Å². The minimum atomic E-state index is -3.15. The SMILES string of the molecule is CC(C)c1ccc(CS(=O)(=O)CCC#N)cc1. The van der Waals surface area contributed by atoms with Crippen LogP contribution in [-0.4, -0.2) is 14.2 Å². The van der Waals surface area contributed by atoms with Gasteiger partial charge in [-0.3, -0.25) is 0 Å². The van der Waals surface area contributed by atoms with E-state index in [9.17, 15) is 8.42 Å². The van der Waals surface area contributed by atoms with Gasteiger partial charge >= 0.3 is 0 Å². The van der Waals surface area contributed by atoms with Crippen LogP contribution in [0, 0.1) is 11.3 Å². The molecule has 0 amide bonds. The zero-order chi connectivity index (χ0) is 12.9. The lowest BCUT2D eigenvalue weighted by Crippen LogP contribution is -2.08. The predicted octanol–water partition coefficient (Wildman–Crippen LogP) is 2.64. The summed E-state index contributed by atoms with van der Waals surface area (Å²) in [7, 11) is -3.15. The zero-order valence-electron chi connectivity index (χ0n) is 10.2. The fourth-order valence-electron chi connectivity index (χ4n) is 1.53. The van der Waals surface area contributed by atoms with Gasteiger partial charge in [0.2, 0.25) is 0 Å². The molecule has 0 aliphatic heterocycles. The smallest absolute Gasteiger partial charge is 0.155 e. The first-order valence-corrected chi connectivity index (χ1v) is 7.43. The quantitative estimate of drug-likeness (QED) is 0.808. The Kier molecular flexibility index (Phi) is 4.71. The van der Waals surface area contributed by atoms with E-state index in [0.29, 0.717) is 5.92 Å². The maximum Gasteiger partial charge on any atom is 0.155 e. The number of benzene rings is 1. The van der Waals surface area contributed by atoms with Crippen LogP contribution < -0.4 is 0 Å². The van der Waals surface area contributed by atoms with Crippen LogP contribution in [0.2, 0.25) is 0 Å². The average molecular weight is 251 g/mol. The summed E-state index contributed by atoms with van der Waals surface area (Å²) in [5, 5.41) is 8.38. The van der Waals surface area contributed by atoms with Crippen molar-refractivity contribution < 1.29 is 8.42 Å². The fourth-order valence-corrected chi connectivity index (χ4v) is 2.77. The molecule has 1 aromatic rings. The number of hydrogen-bond donors (Lipinski definition) is 0. The molecule has 17 heavy (non-hydrogen) atoms. The predicted molar refractivity (Wildman–Crippen MR) is 68.3 cm³/mol. The Morgan fingerprint density at radius 1 is 1.24 bits per heavy atom. The molecule has 0 bridgehead atoms. The van der Waals surface area contributed by atoms with Crippen molar-refractivity contribution in [1.82, 2.24) is 0 Å². The largest absolute Gasteiger partial charge is 0.228 e. The molecule has 0 heterocycles. The standard InChI is InChI=1S/C13H17NO2S/c1-11(2)13-6-4-12(5-7-13)10-17(15,16)9-3-8-14/h4-7,11H,3,9-10H2,1-2H3. The molecule has 92 valence electrons. The normalized spacial score (nSPS) is 11.4. The summed E-state index contributed by atoms with van der Waals surface area (Å²) in [6.07, 6.45) is 0.0619. The summed E-state index contributed by atoms with van der Waals surface area (Å²) < 4.78 is 23.3. The molecule has 0 aromatic heterocycles. The number of nitrogens with zero attached hydrogens (tertiary/aromatic N) is 1. The Morgan fingerprint density at radius 3 is 2.29 bits per heavy atom. The minimum absolute atomic E-state index is 0.0209. The Bertz CT molecular complexity index is 495. The molecule has 1 rings (SSSR count). The summed E-state index contributed by atoms with van der Waals surface area (Å²) in [5.41, 5.74) is 1.98. The second kappa shape index (κ2) is 5.83. The van der Waals surface area contributed by atoms with Gasteiger partial charge in [-0.15, -0.1) is 0 Å². The van der Waals surface area contributed by atoms with Gasteiger partial charge in [-0.25, -0.2) is 8.42 Å². The average Bonchev–Trinajstić information content (AvgIpc) is 2.26. The lowest BCUT2D eigenvalue weighted by molar-refractivity contribution is 0.595. The van der Waals surface area contributed by atoms with Gasteiger partial charge in [0.05, 0.1) is 17.6 Å². The Balaban J connectivity index is 2.73. The molecule has 0 unspecified atom stereocenters. The van der Waals surface area contributed by atoms with Crippen molar-refractivity contribution in [3.05, 3.63) is 35.4 Å². The van der Waals surface area contributed by atoms with Crippen LogP contribution in [0.3, 0.4) is 0 Å². The number of nitriles is 1. The van der Waals surface area contributed by atoms with Crippen molar-refractivity contribution in [1.29, 1.82) is 5.26 Å². The van der Waals surface area contributed by atoms with Gasteiger partial charge in [-0.1, -0.05) is 38.1 Å². The second-order valence-electron chi connectivity index (χ2n) is 4.40. The third-order valence-electron chi connectivity index (χ3n) is 2.56. The van der Waals surface area contributed by atoms with Gasteiger partial charge in [0.1, 0.15) is 0 Å². The van der Waals surface area contributed by atoms with Crippen molar-refractivity contribution >= 4 is 9.84 Å². The number of hydrogen-bond acceptors (Lipinski definition) is 3. The second-order valence-corrected chi connectivity index (χ2v) is 6.58. The molecule has 0 atom stereocenters. The van der Waals surface area contributed by atoms with Crippen molar-refractivity contribution in [2.24, 2.45) is 0 Å². The topological polar surface area (TPSA) is 57.9 Å². The van der Waals surface area contributed by atoms with Crippen molar-refractivity contribution in [2.75, 3.05) is 5.75 Å².